The summed E-state index contributed by atoms with van der Waals surface area (Å²) in [6, 6.07) is 10.8. The number of fused-ring (bicyclic) bond motifs is 1. The third-order valence-electron chi connectivity index (χ3n) is 4.47. The maximum atomic E-state index is 12.7. The molecule has 166 valence electrons. The Morgan fingerprint density at radius 2 is 1.87 bits per heavy atom. The number of carbonyl (C=O) groups excluding carboxylic acids is 2. The first-order chi connectivity index (χ1) is 14.6. The number of hydrogen-bond acceptors (Lipinski definition) is 5. The third-order valence-corrected chi connectivity index (χ3v) is 5.90. The molecule has 0 radical (unpaired) electrons. The highest BCUT2D eigenvalue weighted by atomic mass is 35.5. The summed E-state index contributed by atoms with van der Waals surface area (Å²) in [4.78, 5) is 27.4. The van der Waals surface area contributed by atoms with E-state index in [0.717, 1.165) is 21.8 Å². The lowest BCUT2D eigenvalue weighted by Gasteiger charge is -2.27. The molecule has 9 heteroatoms. The summed E-state index contributed by atoms with van der Waals surface area (Å²) in [7, 11) is 1.61. The average Bonchev–Trinajstić information content (AvgIpc) is 3.08. The second kappa shape index (κ2) is 9.59. The van der Waals surface area contributed by atoms with Crippen molar-refractivity contribution in [3.05, 3.63) is 52.0 Å². The summed E-state index contributed by atoms with van der Waals surface area (Å²) >= 11 is 13.7. The lowest BCUT2D eigenvalue weighted by Crippen LogP contribution is -2.36. The molecule has 2 aromatic carbocycles. The Morgan fingerprint density at radius 3 is 2.48 bits per heavy atom. The monoisotopic (exact) mass is 481 g/mol. The molecule has 0 fully saturated rings. The van der Waals surface area contributed by atoms with E-state index >= 15 is 0 Å². The summed E-state index contributed by atoms with van der Waals surface area (Å²) < 4.78 is 7.41. The summed E-state index contributed by atoms with van der Waals surface area (Å²) in [5.41, 5.74) is 2.07. The van der Waals surface area contributed by atoms with Gasteiger partial charge in [0.2, 0.25) is 0 Å². The molecule has 0 bridgehead atoms. The first-order valence-corrected chi connectivity index (χ1v) is 11.3. The topological polar surface area (TPSA) is 61.9 Å². The van der Waals surface area contributed by atoms with Crippen LogP contribution >= 0.6 is 35.1 Å². The number of ether oxygens (including phenoxy) is 1. The lowest BCUT2D eigenvalue weighted by atomic mass is 10.1. The van der Waals surface area contributed by atoms with Crippen molar-refractivity contribution in [2.24, 2.45) is 0 Å². The number of rotatable bonds is 5. The van der Waals surface area contributed by atoms with Gasteiger partial charge in [0.1, 0.15) is 12.1 Å². The summed E-state index contributed by atoms with van der Waals surface area (Å²) in [6.07, 6.45) is 0.681. The highest BCUT2D eigenvalue weighted by molar-refractivity contribution is 8.00. The number of urea groups is 1. The molecule has 6 nitrogen and oxygen atoms in total. The fourth-order valence-electron chi connectivity index (χ4n) is 3.36. The van der Waals surface area contributed by atoms with Crippen LogP contribution in [0, 0.1) is 0 Å². The van der Waals surface area contributed by atoms with E-state index in [2.05, 4.69) is 5.32 Å². The highest BCUT2D eigenvalue weighted by Crippen LogP contribution is 2.40. The van der Waals surface area contributed by atoms with Crippen LogP contribution in [0.25, 0.3) is 0 Å². The zero-order valence-electron chi connectivity index (χ0n) is 17.9. The van der Waals surface area contributed by atoms with Crippen LogP contribution in [-0.2, 0) is 16.0 Å². The molecule has 2 amide bonds. The lowest BCUT2D eigenvalue weighted by molar-refractivity contribution is -0.152. The minimum Gasteiger partial charge on any atom is -0.459 e. The SMILES string of the molecule is CNC(=O)N1CCc2c(N(CC(=O)OC(C)(C)C)Sc3cc(Cl)cc(Cl)c3)cccc21. The molecule has 0 aliphatic carbocycles. The number of carbonyl (C=O) groups is 2. The van der Waals surface area contributed by atoms with E-state index in [1.807, 2.05) is 43.3 Å². The van der Waals surface area contributed by atoms with E-state index in [1.165, 1.54) is 11.9 Å². The molecule has 1 aliphatic rings. The van der Waals surface area contributed by atoms with E-state index in [1.54, 1.807) is 30.1 Å². The Hall–Kier alpha value is -2.09. The summed E-state index contributed by atoms with van der Waals surface area (Å²) in [5, 5.41) is 3.69. The van der Waals surface area contributed by atoms with Gasteiger partial charge in [0.15, 0.2) is 0 Å². The molecule has 31 heavy (non-hydrogen) atoms. The van der Waals surface area contributed by atoms with Gasteiger partial charge in [-0.25, -0.2) is 4.79 Å². The quantitative estimate of drug-likeness (QED) is 0.447. The van der Waals surface area contributed by atoms with Crippen LogP contribution < -0.4 is 14.5 Å². The van der Waals surface area contributed by atoms with Gasteiger partial charge in [0.05, 0.1) is 11.4 Å². The molecule has 0 atom stereocenters. The van der Waals surface area contributed by atoms with Crippen molar-refractivity contribution in [3.8, 4) is 0 Å². The predicted molar refractivity (Wildman–Crippen MR) is 127 cm³/mol. The molecule has 1 aliphatic heterocycles. The summed E-state index contributed by atoms with van der Waals surface area (Å²) in [5.74, 6) is -0.355. The van der Waals surface area contributed by atoms with Crippen molar-refractivity contribution in [2.75, 3.05) is 29.3 Å². The van der Waals surface area contributed by atoms with Crippen molar-refractivity contribution in [1.82, 2.24) is 5.32 Å². The molecule has 2 aromatic rings. The van der Waals surface area contributed by atoms with Gasteiger partial charge in [-0.15, -0.1) is 0 Å². The number of amides is 2. The molecule has 1 heterocycles. The van der Waals surface area contributed by atoms with Crippen molar-refractivity contribution >= 4 is 58.5 Å². The Morgan fingerprint density at radius 1 is 1.19 bits per heavy atom. The molecule has 0 unspecified atom stereocenters. The van der Waals surface area contributed by atoms with Gasteiger partial charge < -0.3 is 14.4 Å². The molecule has 0 aromatic heterocycles. The maximum Gasteiger partial charge on any atom is 0.327 e. The van der Waals surface area contributed by atoms with Gasteiger partial charge in [-0.05, 0) is 69.5 Å². The van der Waals surface area contributed by atoms with Crippen molar-refractivity contribution in [3.63, 3.8) is 0 Å². The Labute approximate surface area is 197 Å². The number of halogens is 2. The van der Waals surface area contributed by atoms with Crippen LogP contribution in [0.5, 0.6) is 0 Å². The largest absolute Gasteiger partial charge is 0.459 e. The van der Waals surface area contributed by atoms with Crippen LogP contribution in [0.4, 0.5) is 16.2 Å². The fourth-order valence-corrected chi connectivity index (χ4v) is 5.07. The van der Waals surface area contributed by atoms with Gasteiger partial charge in [-0.1, -0.05) is 29.3 Å². The van der Waals surface area contributed by atoms with Gasteiger partial charge in [-0.2, -0.15) is 0 Å². The van der Waals surface area contributed by atoms with Gasteiger partial charge >= 0.3 is 12.0 Å². The second-order valence-corrected chi connectivity index (χ2v) is 10.0. The van der Waals surface area contributed by atoms with E-state index in [4.69, 9.17) is 27.9 Å². The van der Waals surface area contributed by atoms with Crippen molar-refractivity contribution in [1.29, 1.82) is 0 Å². The minimum atomic E-state index is -0.596. The molecular weight excluding hydrogens is 457 g/mol. The second-order valence-electron chi connectivity index (χ2n) is 8.05. The number of anilines is 2. The van der Waals surface area contributed by atoms with Gasteiger partial charge in [0, 0.05) is 34.1 Å². The van der Waals surface area contributed by atoms with Crippen LogP contribution in [-0.4, -0.2) is 37.7 Å². The maximum absolute atomic E-state index is 12.7. The number of hydrogen-bond donors (Lipinski definition) is 1. The van der Waals surface area contributed by atoms with E-state index < -0.39 is 5.60 Å². The predicted octanol–water partition coefficient (Wildman–Crippen LogP) is 5.55. The Balaban J connectivity index is 1.97. The van der Waals surface area contributed by atoms with Crippen LogP contribution in [0.3, 0.4) is 0 Å². The zero-order chi connectivity index (χ0) is 22.8. The standard InChI is InChI=1S/C22H25Cl2N3O3S/c1-22(2,3)30-20(28)13-27(31-16-11-14(23)10-15(24)12-16)19-7-5-6-18-17(19)8-9-26(18)21(29)25-4/h5-7,10-12H,8-9,13H2,1-4H3,(H,25,29). The van der Waals surface area contributed by atoms with Crippen molar-refractivity contribution in [2.45, 2.75) is 37.7 Å². The van der Waals surface area contributed by atoms with Crippen LogP contribution in [0.15, 0.2) is 41.3 Å². The average molecular weight is 482 g/mol. The molecule has 1 N–H and O–H groups in total. The van der Waals surface area contributed by atoms with Gasteiger partial charge in [0.25, 0.3) is 0 Å². The Bertz CT molecular complexity index is 974. The van der Waals surface area contributed by atoms with E-state index in [-0.39, 0.29) is 18.5 Å². The third kappa shape index (κ3) is 5.99. The van der Waals surface area contributed by atoms with Crippen LogP contribution in [0.2, 0.25) is 10.0 Å². The molecule has 0 spiro atoms. The number of nitrogens with one attached hydrogen (secondary N) is 1. The Kier molecular flexibility index (Phi) is 7.29. The minimum absolute atomic E-state index is 0.0164. The van der Waals surface area contributed by atoms with E-state index in [0.29, 0.717) is 23.0 Å². The number of esters is 1. The zero-order valence-corrected chi connectivity index (χ0v) is 20.2. The molecule has 0 saturated carbocycles. The van der Waals surface area contributed by atoms with Crippen molar-refractivity contribution < 1.29 is 14.3 Å². The first-order valence-electron chi connectivity index (χ1n) is 9.82. The summed E-state index contributed by atoms with van der Waals surface area (Å²) in [6.45, 7) is 6.09. The smallest absolute Gasteiger partial charge is 0.327 e. The number of benzene rings is 2. The molecule has 0 saturated heterocycles. The number of nitrogens with zero attached hydrogens (tertiary/aromatic N) is 2. The van der Waals surface area contributed by atoms with Gasteiger partial charge in [-0.3, -0.25) is 9.69 Å². The highest BCUT2D eigenvalue weighted by Gasteiger charge is 2.29. The normalized spacial score (nSPS) is 13.0. The van der Waals surface area contributed by atoms with E-state index in [9.17, 15) is 9.59 Å². The molecule has 3 rings (SSSR count). The fraction of sp³-hybridized carbons (Fsp3) is 0.364. The molecular formula is C22H25Cl2N3O3S. The van der Waals surface area contributed by atoms with Crippen LogP contribution in [0.1, 0.15) is 26.3 Å². The first kappa shape index (κ1) is 23.6.